The average Bonchev–Trinajstić information content (AvgIpc) is 2.59. The fraction of sp³-hybridized carbons (Fsp3) is 0.909. The quantitative estimate of drug-likeness (QED) is 0.207. The summed E-state index contributed by atoms with van der Waals surface area (Å²) >= 11 is 0. The van der Waals surface area contributed by atoms with Gasteiger partial charge in [-0.3, -0.25) is 0 Å². The molecule has 1 unspecified atom stereocenters. The van der Waals surface area contributed by atoms with Crippen LogP contribution in [0, 0.1) is 0 Å². The number of hydrogen-bond acceptors (Lipinski definition) is 2. The Balaban J connectivity index is 3.12. The summed E-state index contributed by atoms with van der Waals surface area (Å²) < 4.78 is 0. The van der Waals surface area contributed by atoms with Crippen molar-refractivity contribution in [1.29, 1.82) is 0 Å². The zero-order valence-electron chi connectivity index (χ0n) is 16.4. The summed E-state index contributed by atoms with van der Waals surface area (Å²) in [6.07, 6.45) is 25.5. The van der Waals surface area contributed by atoms with Gasteiger partial charge < -0.3 is 10.2 Å². The number of aliphatic hydroxyl groups excluding tert-OH is 2. The van der Waals surface area contributed by atoms with Crippen LogP contribution >= 0.6 is 0 Å². The van der Waals surface area contributed by atoms with Gasteiger partial charge in [0.2, 0.25) is 0 Å². The summed E-state index contributed by atoms with van der Waals surface area (Å²) in [5.41, 5.74) is 0. The van der Waals surface area contributed by atoms with Gasteiger partial charge in [-0.15, -0.1) is 0 Å². The highest BCUT2D eigenvalue weighted by atomic mass is 16.3. The van der Waals surface area contributed by atoms with E-state index in [1.165, 1.54) is 83.5 Å². The second-order valence-electron chi connectivity index (χ2n) is 7.25. The van der Waals surface area contributed by atoms with Crippen LogP contribution in [0.2, 0.25) is 0 Å². The average molecular weight is 341 g/mol. The van der Waals surface area contributed by atoms with Crippen molar-refractivity contribution < 1.29 is 10.2 Å². The van der Waals surface area contributed by atoms with E-state index in [1.807, 2.05) is 0 Å². The molecule has 0 radical (unpaired) electrons. The number of unbranched alkanes of at least 4 members (excludes halogenated alkanes) is 12. The molecule has 0 saturated carbocycles. The predicted octanol–water partition coefficient (Wildman–Crippen LogP) is 6.55. The lowest BCUT2D eigenvalue weighted by atomic mass is 10.0. The molecule has 0 bridgehead atoms. The monoisotopic (exact) mass is 340 g/mol. The molecule has 0 saturated heterocycles. The lowest BCUT2D eigenvalue weighted by Gasteiger charge is -2.08. The lowest BCUT2D eigenvalue weighted by Crippen LogP contribution is -2.06. The Labute approximate surface area is 151 Å². The standard InChI is InChI=1S/C22H44O2/c1-2-3-4-5-6-7-8-9-10-11-12-13-14-15-16-17-19-22(24)20-18-21-23/h9-10,22-24H,2-8,11-21H2,1H3/b10-9-. The number of rotatable bonds is 19. The van der Waals surface area contributed by atoms with Crippen LogP contribution in [-0.2, 0) is 0 Å². The molecule has 0 amide bonds. The fourth-order valence-corrected chi connectivity index (χ4v) is 3.10. The molecular weight excluding hydrogens is 296 g/mol. The van der Waals surface area contributed by atoms with Crippen molar-refractivity contribution >= 4 is 0 Å². The summed E-state index contributed by atoms with van der Waals surface area (Å²) in [5.74, 6) is 0. The molecule has 0 aromatic rings. The molecule has 0 aliphatic carbocycles. The van der Waals surface area contributed by atoms with E-state index in [4.69, 9.17) is 5.11 Å². The van der Waals surface area contributed by atoms with Crippen molar-refractivity contribution in [1.82, 2.24) is 0 Å². The van der Waals surface area contributed by atoms with Crippen molar-refractivity contribution in [2.24, 2.45) is 0 Å². The third kappa shape index (κ3) is 19.7. The third-order valence-electron chi connectivity index (χ3n) is 4.74. The first-order valence-electron chi connectivity index (χ1n) is 10.7. The van der Waals surface area contributed by atoms with Crippen molar-refractivity contribution in [3.05, 3.63) is 12.2 Å². The zero-order valence-corrected chi connectivity index (χ0v) is 16.4. The Morgan fingerprint density at radius 2 is 1.08 bits per heavy atom. The molecule has 0 fully saturated rings. The molecule has 0 aliphatic heterocycles. The molecule has 0 spiro atoms. The van der Waals surface area contributed by atoms with Crippen LogP contribution in [0.25, 0.3) is 0 Å². The molecule has 0 aliphatic rings. The van der Waals surface area contributed by atoms with Gasteiger partial charge >= 0.3 is 0 Å². The first kappa shape index (κ1) is 23.7. The normalized spacial score (nSPS) is 13.0. The lowest BCUT2D eigenvalue weighted by molar-refractivity contribution is 0.138. The van der Waals surface area contributed by atoms with E-state index in [2.05, 4.69) is 19.1 Å². The summed E-state index contributed by atoms with van der Waals surface area (Å²) in [6.45, 7) is 2.47. The van der Waals surface area contributed by atoms with Gasteiger partial charge in [0.15, 0.2) is 0 Å². The minimum atomic E-state index is -0.200. The van der Waals surface area contributed by atoms with Crippen LogP contribution in [0.4, 0.5) is 0 Å². The molecule has 2 heteroatoms. The number of aliphatic hydroxyl groups is 2. The molecule has 0 heterocycles. The highest BCUT2D eigenvalue weighted by Gasteiger charge is 2.02. The minimum absolute atomic E-state index is 0.199. The Kier molecular flexibility index (Phi) is 20.4. The second-order valence-corrected chi connectivity index (χ2v) is 7.25. The molecule has 0 aromatic carbocycles. The van der Waals surface area contributed by atoms with E-state index in [-0.39, 0.29) is 12.7 Å². The predicted molar refractivity (Wildman–Crippen MR) is 106 cm³/mol. The van der Waals surface area contributed by atoms with Crippen LogP contribution in [0.1, 0.15) is 116 Å². The number of hydrogen-bond donors (Lipinski definition) is 2. The maximum absolute atomic E-state index is 9.68. The van der Waals surface area contributed by atoms with Gasteiger partial charge in [-0.2, -0.15) is 0 Å². The summed E-state index contributed by atoms with van der Waals surface area (Å²) in [7, 11) is 0. The van der Waals surface area contributed by atoms with Crippen molar-refractivity contribution in [2.75, 3.05) is 6.61 Å². The fourth-order valence-electron chi connectivity index (χ4n) is 3.10. The highest BCUT2D eigenvalue weighted by molar-refractivity contribution is 4.81. The molecule has 2 nitrogen and oxygen atoms in total. The first-order chi connectivity index (χ1) is 11.8. The maximum atomic E-state index is 9.68. The Morgan fingerprint density at radius 3 is 1.62 bits per heavy atom. The smallest absolute Gasteiger partial charge is 0.0541 e. The molecule has 144 valence electrons. The highest BCUT2D eigenvalue weighted by Crippen LogP contribution is 2.12. The van der Waals surface area contributed by atoms with E-state index in [0.717, 1.165) is 25.7 Å². The van der Waals surface area contributed by atoms with Gasteiger partial charge in [0.25, 0.3) is 0 Å². The molecular formula is C22H44O2. The molecule has 1 atom stereocenters. The zero-order chi connectivity index (χ0) is 17.7. The van der Waals surface area contributed by atoms with E-state index in [0.29, 0.717) is 0 Å². The van der Waals surface area contributed by atoms with Gasteiger partial charge in [0.1, 0.15) is 0 Å². The topological polar surface area (TPSA) is 40.5 Å². The van der Waals surface area contributed by atoms with Crippen molar-refractivity contribution in [3.63, 3.8) is 0 Å². The van der Waals surface area contributed by atoms with Crippen molar-refractivity contribution in [2.45, 2.75) is 122 Å². The van der Waals surface area contributed by atoms with Crippen LogP contribution in [0.5, 0.6) is 0 Å². The summed E-state index contributed by atoms with van der Waals surface area (Å²) in [5, 5.41) is 18.4. The first-order valence-corrected chi connectivity index (χ1v) is 10.7. The van der Waals surface area contributed by atoms with Crippen LogP contribution in [0.3, 0.4) is 0 Å². The van der Waals surface area contributed by atoms with Gasteiger partial charge in [-0.1, -0.05) is 83.3 Å². The van der Waals surface area contributed by atoms with Crippen molar-refractivity contribution in [3.8, 4) is 0 Å². The molecule has 24 heavy (non-hydrogen) atoms. The van der Waals surface area contributed by atoms with Gasteiger partial charge in [-0.05, 0) is 44.9 Å². The third-order valence-corrected chi connectivity index (χ3v) is 4.74. The molecule has 0 rings (SSSR count). The molecule has 0 aromatic heterocycles. The maximum Gasteiger partial charge on any atom is 0.0541 e. The largest absolute Gasteiger partial charge is 0.396 e. The van der Waals surface area contributed by atoms with Crippen LogP contribution < -0.4 is 0 Å². The Bertz CT molecular complexity index is 250. The van der Waals surface area contributed by atoms with Gasteiger partial charge in [0, 0.05) is 6.61 Å². The summed E-state index contributed by atoms with van der Waals surface area (Å²) in [4.78, 5) is 0. The van der Waals surface area contributed by atoms with E-state index < -0.39 is 0 Å². The SMILES string of the molecule is CCCCCCCC/C=C\CCCCCCCCC(O)CCCO. The van der Waals surface area contributed by atoms with Crippen LogP contribution in [0.15, 0.2) is 12.2 Å². The Morgan fingerprint density at radius 1 is 0.625 bits per heavy atom. The Hall–Kier alpha value is -0.340. The minimum Gasteiger partial charge on any atom is -0.396 e. The summed E-state index contributed by atoms with van der Waals surface area (Å²) in [6, 6.07) is 0. The number of allylic oxidation sites excluding steroid dienone is 2. The van der Waals surface area contributed by atoms with Crippen LogP contribution in [-0.4, -0.2) is 22.9 Å². The van der Waals surface area contributed by atoms with Gasteiger partial charge in [-0.25, -0.2) is 0 Å². The van der Waals surface area contributed by atoms with E-state index in [9.17, 15) is 5.11 Å². The molecule has 2 N–H and O–H groups in total. The van der Waals surface area contributed by atoms with Gasteiger partial charge in [0.05, 0.1) is 6.10 Å². The van der Waals surface area contributed by atoms with E-state index >= 15 is 0 Å². The van der Waals surface area contributed by atoms with E-state index in [1.54, 1.807) is 0 Å². The second kappa shape index (κ2) is 20.7.